The van der Waals surface area contributed by atoms with E-state index in [0.29, 0.717) is 19.6 Å². The summed E-state index contributed by atoms with van der Waals surface area (Å²) in [6.07, 6.45) is 0.152. The first kappa shape index (κ1) is 14.2. The Bertz CT molecular complexity index is 406. The minimum absolute atomic E-state index is 0.271. The Labute approximate surface area is 113 Å². The molecule has 1 fully saturated rings. The highest BCUT2D eigenvalue weighted by molar-refractivity contribution is 5.13. The molecule has 1 heterocycles. The van der Waals surface area contributed by atoms with Crippen molar-refractivity contribution >= 4 is 0 Å². The van der Waals surface area contributed by atoms with Gasteiger partial charge in [-0.15, -0.1) is 6.58 Å². The summed E-state index contributed by atoms with van der Waals surface area (Å²) in [4.78, 5) is 0. The van der Waals surface area contributed by atoms with E-state index in [9.17, 15) is 10.2 Å². The van der Waals surface area contributed by atoms with Crippen molar-refractivity contribution in [1.82, 2.24) is 0 Å². The molecular weight excluding hydrogens is 244 g/mol. The Hall–Kier alpha value is -1.20. The van der Waals surface area contributed by atoms with Gasteiger partial charge in [-0.05, 0) is 12.0 Å². The van der Waals surface area contributed by atoms with Gasteiger partial charge < -0.3 is 19.7 Å². The maximum Gasteiger partial charge on any atom is 0.181 e. The number of benzene rings is 1. The first-order valence-electron chi connectivity index (χ1n) is 6.41. The smallest absolute Gasteiger partial charge is 0.181 e. The summed E-state index contributed by atoms with van der Waals surface area (Å²) in [7, 11) is 0. The second kappa shape index (κ2) is 6.30. The molecule has 0 amide bonds. The van der Waals surface area contributed by atoms with E-state index in [2.05, 4.69) is 6.58 Å². The number of ether oxygens (including phenoxy) is 2. The van der Waals surface area contributed by atoms with Crippen LogP contribution in [0.25, 0.3) is 0 Å². The predicted octanol–water partition coefficient (Wildman–Crippen LogP) is 1.48. The van der Waals surface area contributed by atoms with Gasteiger partial charge in [-0.1, -0.05) is 36.4 Å². The van der Waals surface area contributed by atoms with E-state index in [0.717, 1.165) is 5.56 Å². The van der Waals surface area contributed by atoms with Crippen molar-refractivity contribution in [3.8, 4) is 0 Å². The SMILES string of the molecule is C=C[C@@]1(CCOCc2ccccc2)CO[C@H](O)[C@@H]1O. The Balaban J connectivity index is 1.80. The van der Waals surface area contributed by atoms with E-state index in [1.807, 2.05) is 30.3 Å². The summed E-state index contributed by atoms with van der Waals surface area (Å²) in [5.41, 5.74) is 0.495. The molecule has 2 rings (SSSR count). The first-order valence-corrected chi connectivity index (χ1v) is 6.41. The van der Waals surface area contributed by atoms with Crippen molar-refractivity contribution < 1.29 is 19.7 Å². The monoisotopic (exact) mass is 264 g/mol. The van der Waals surface area contributed by atoms with Gasteiger partial charge in [0.25, 0.3) is 0 Å². The average molecular weight is 264 g/mol. The van der Waals surface area contributed by atoms with E-state index in [1.54, 1.807) is 6.08 Å². The lowest BCUT2D eigenvalue weighted by Crippen LogP contribution is -2.36. The molecule has 1 saturated heterocycles. The number of hydrogen-bond acceptors (Lipinski definition) is 4. The number of rotatable bonds is 6. The minimum atomic E-state index is -1.13. The van der Waals surface area contributed by atoms with Crippen molar-refractivity contribution in [2.45, 2.75) is 25.4 Å². The summed E-state index contributed by atoms with van der Waals surface area (Å²) in [6, 6.07) is 9.90. The Morgan fingerprint density at radius 1 is 1.37 bits per heavy atom. The summed E-state index contributed by atoms with van der Waals surface area (Å²) >= 11 is 0. The van der Waals surface area contributed by atoms with E-state index >= 15 is 0 Å². The Morgan fingerprint density at radius 2 is 2.11 bits per heavy atom. The normalized spacial score (nSPS) is 30.4. The second-order valence-electron chi connectivity index (χ2n) is 4.87. The highest BCUT2D eigenvalue weighted by Gasteiger charge is 2.46. The van der Waals surface area contributed by atoms with Crippen molar-refractivity contribution in [2.75, 3.05) is 13.2 Å². The van der Waals surface area contributed by atoms with Crippen LogP contribution in [-0.2, 0) is 16.1 Å². The lowest BCUT2D eigenvalue weighted by Gasteiger charge is -2.27. The third kappa shape index (κ3) is 3.22. The molecule has 1 aromatic rings. The summed E-state index contributed by atoms with van der Waals surface area (Å²) in [6.45, 7) is 5.02. The largest absolute Gasteiger partial charge is 0.387 e. The number of hydrogen-bond donors (Lipinski definition) is 2. The third-order valence-corrected chi connectivity index (χ3v) is 3.61. The first-order chi connectivity index (χ1) is 9.18. The molecule has 3 atom stereocenters. The molecule has 1 aliphatic heterocycles. The fourth-order valence-corrected chi connectivity index (χ4v) is 2.23. The Kier molecular flexibility index (Phi) is 4.71. The summed E-state index contributed by atoms with van der Waals surface area (Å²) in [5, 5.41) is 19.4. The van der Waals surface area contributed by atoms with Gasteiger partial charge in [0, 0.05) is 12.0 Å². The highest BCUT2D eigenvalue weighted by Crippen LogP contribution is 2.36. The molecule has 0 aromatic heterocycles. The van der Waals surface area contributed by atoms with Crippen LogP contribution < -0.4 is 0 Å². The fourth-order valence-electron chi connectivity index (χ4n) is 2.23. The van der Waals surface area contributed by atoms with Gasteiger partial charge in [0.1, 0.15) is 6.10 Å². The molecule has 0 bridgehead atoms. The standard InChI is InChI=1S/C15H20O4/c1-2-15(11-19-14(17)13(15)16)8-9-18-10-12-6-4-3-5-7-12/h2-7,13-14,16-17H,1,8-11H2/t13-,14-,15+/m0/s1. The van der Waals surface area contributed by atoms with Gasteiger partial charge in [0.15, 0.2) is 6.29 Å². The van der Waals surface area contributed by atoms with Gasteiger partial charge in [0.2, 0.25) is 0 Å². The molecule has 2 N–H and O–H groups in total. The van der Waals surface area contributed by atoms with Crippen LogP contribution in [0.4, 0.5) is 0 Å². The van der Waals surface area contributed by atoms with Gasteiger partial charge in [-0.3, -0.25) is 0 Å². The molecule has 0 spiro atoms. The van der Waals surface area contributed by atoms with E-state index in [1.165, 1.54) is 0 Å². The molecule has 0 radical (unpaired) electrons. The van der Waals surface area contributed by atoms with Crippen molar-refractivity contribution in [2.24, 2.45) is 5.41 Å². The van der Waals surface area contributed by atoms with E-state index < -0.39 is 17.8 Å². The van der Waals surface area contributed by atoms with Crippen LogP contribution in [0.2, 0.25) is 0 Å². The molecule has 19 heavy (non-hydrogen) atoms. The maximum absolute atomic E-state index is 9.92. The average Bonchev–Trinajstić information content (AvgIpc) is 2.74. The molecule has 1 aliphatic rings. The minimum Gasteiger partial charge on any atom is -0.387 e. The lowest BCUT2D eigenvalue weighted by atomic mass is 9.81. The molecule has 4 nitrogen and oxygen atoms in total. The predicted molar refractivity (Wildman–Crippen MR) is 71.3 cm³/mol. The number of aliphatic hydroxyl groups excluding tert-OH is 2. The maximum atomic E-state index is 9.92. The molecule has 1 aromatic carbocycles. The van der Waals surface area contributed by atoms with Crippen LogP contribution in [0.1, 0.15) is 12.0 Å². The molecule has 0 unspecified atom stereocenters. The summed E-state index contributed by atoms with van der Waals surface area (Å²) in [5.74, 6) is 0. The third-order valence-electron chi connectivity index (χ3n) is 3.61. The van der Waals surface area contributed by atoms with Crippen molar-refractivity contribution in [3.05, 3.63) is 48.6 Å². The van der Waals surface area contributed by atoms with Gasteiger partial charge in [-0.2, -0.15) is 0 Å². The zero-order valence-electron chi connectivity index (χ0n) is 10.9. The van der Waals surface area contributed by atoms with E-state index in [-0.39, 0.29) is 6.61 Å². The second-order valence-corrected chi connectivity index (χ2v) is 4.87. The van der Waals surface area contributed by atoms with Crippen LogP contribution in [-0.4, -0.2) is 35.8 Å². The molecule has 0 aliphatic carbocycles. The van der Waals surface area contributed by atoms with Crippen LogP contribution in [0.15, 0.2) is 43.0 Å². The van der Waals surface area contributed by atoms with Crippen LogP contribution in [0.3, 0.4) is 0 Å². The van der Waals surface area contributed by atoms with Crippen LogP contribution >= 0.6 is 0 Å². The van der Waals surface area contributed by atoms with Gasteiger partial charge in [-0.25, -0.2) is 0 Å². The molecule has 0 saturated carbocycles. The lowest BCUT2D eigenvalue weighted by molar-refractivity contribution is -0.112. The van der Waals surface area contributed by atoms with Crippen LogP contribution in [0.5, 0.6) is 0 Å². The van der Waals surface area contributed by atoms with E-state index in [4.69, 9.17) is 9.47 Å². The van der Waals surface area contributed by atoms with Gasteiger partial charge >= 0.3 is 0 Å². The fraction of sp³-hybridized carbons (Fsp3) is 0.467. The zero-order valence-corrected chi connectivity index (χ0v) is 10.9. The summed E-state index contributed by atoms with van der Waals surface area (Å²) < 4.78 is 10.7. The number of aliphatic hydroxyl groups is 2. The molecular formula is C15H20O4. The quantitative estimate of drug-likeness (QED) is 0.603. The zero-order chi connectivity index (χ0) is 13.7. The van der Waals surface area contributed by atoms with Crippen molar-refractivity contribution in [3.63, 3.8) is 0 Å². The topological polar surface area (TPSA) is 58.9 Å². The molecule has 104 valence electrons. The van der Waals surface area contributed by atoms with Gasteiger partial charge in [0.05, 0.1) is 13.2 Å². The van der Waals surface area contributed by atoms with Crippen molar-refractivity contribution in [1.29, 1.82) is 0 Å². The Morgan fingerprint density at radius 3 is 2.68 bits per heavy atom. The van der Waals surface area contributed by atoms with Crippen LogP contribution in [0, 0.1) is 5.41 Å². The molecule has 4 heteroatoms. The highest BCUT2D eigenvalue weighted by atomic mass is 16.6.